The second-order valence-corrected chi connectivity index (χ2v) is 10.6. The van der Waals surface area contributed by atoms with Gasteiger partial charge in [0.15, 0.2) is 0 Å². The number of anilines is 1. The van der Waals surface area contributed by atoms with Crippen LogP contribution >= 0.6 is 0 Å². The third-order valence-corrected chi connectivity index (χ3v) is 7.67. The summed E-state index contributed by atoms with van der Waals surface area (Å²) in [6.45, 7) is 8.18. The molecule has 0 saturated carbocycles. The number of benzene rings is 2. The van der Waals surface area contributed by atoms with Gasteiger partial charge in [-0.25, -0.2) is 18.0 Å². The molecule has 8 nitrogen and oxygen atoms in total. The molecule has 0 saturated heterocycles. The number of rotatable bonds is 10. The topological polar surface area (TPSA) is 102 Å². The van der Waals surface area contributed by atoms with Crippen LogP contribution in [0.5, 0.6) is 0 Å². The summed E-state index contributed by atoms with van der Waals surface area (Å²) in [5.41, 5.74) is 3.77. The Hall–Kier alpha value is -3.59. The highest BCUT2D eigenvalue weighted by molar-refractivity contribution is 7.89. The predicted molar refractivity (Wildman–Crippen MR) is 143 cm³/mol. The fraction of sp³-hybridized carbons (Fsp3) is 0.357. The molecule has 1 N–H and O–H groups in total. The monoisotopic (exact) mass is 526 g/mol. The van der Waals surface area contributed by atoms with Crippen LogP contribution in [-0.4, -0.2) is 44.5 Å². The summed E-state index contributed by atoms with van der Waals surface area (Å²) in [7, 11) is -3.93. The summed E-state index contributed by atoms with van der Waals surface area (Å²) >= 11 is 0. The average Bonchev–Trinajstić information content (AvgIpc) is 3.29. The van der Waals surface area contributed by atoms with E-state index in [0.29, 0.717) is 35.5 Å². The van der Waals surface area contributed by atoms with Crippen LogP contribution in [0.1, 0.15) is 49.8 Å². The van der Waals surface area contributed by atoms with Gasteiger partial charge in [0.05, 0.1) is 29.5 Å². The molecular weight excluding hydrogens is 492 g/mol. The molecule has 0 radical (unpaired) electrons. The SMILES string of the molecule is CCCCOC(=O)/C=C/C1=C(c2cc(C)ccc2NC(=O)OCC)N(S(=O)(=O)c2ccc(C)cc2)CC1. The summed E-state index contributed by atoms with van der Waals surface area (Å²) in [5.74, 6) is -0.491. The molecule has 0 unspecified atom stereocenters. The number of sulfonamides is 1. The largest absolute Gasteiger partial charge is 0.463 e. The van der Waals surface area contributed by atoms with Crippen molar-refractivity contribution in [2.45, 2.75) is 51.9 Å². The van der Waals surface area contributed by atoms with E-state index in [1.165, 1.54) is 10.4 Å². The van der Waals surface area contributed by atoms with E-state index >= 15 is 0 Å². The normalized spacial score (nSPS) is 13.8. The third-order valence-electron chi connectivity index (χ3n) is 5.85. The zero-order valence-electron chi connectivity index (χ0n) is 21.7. The molecule has 1 amide bonds. The van der Waals surface area contributed by atoms with E-state index < -0.39 is 22.1 Å². The van der Waals surface area contributed by atoms with Crippen molar-refractivity contribution < 1.29 is 27.5 Å². The molecule has 0 spiro atoms. The molecule has 0 aromatic heterocycles. The van der Waals surface area contributed by atoms with Gasteiger partial charge in [0, 0.05) is 18.2 Å². The molecule has 0 aliphatic carbocycles. The van der Waals surface area contributed by atoms with Crippen molar-refractivity contribution in [1.29, 1.82) is 0 Å². The van der Waals surface area contributed by atoms with Gasteiger partial charge in [-0.05, 0) is 69.5 Å². The highest BCUT2D eigenvalue weighted by atomic mass is 32.2. The number of allylic oxidation sites excluding steroid dienone is 1. The van der Waals surface area contributed by atoms with Crippen molar-refractivity contribution in [3.8, 4) is 0 Å². The summed E-state index contributed by atoms with van der Waals surface area (Å²) < 4.78 is 39.2. The Kier molecular flexibility index (Phi) is 9.52. The molecule has 1 aliphatic rings. The van der Waals surface area contributed by atoms with Gasteiger partial charge in [-0.1, -0.05) is 42.7 Å². The number of amides is 1. The van der Waals surface area contributed by atoms with E-state index in [4.69, 9.17) is 9.47 Å². The summed E-state index contributed by atoms with van der Waals surface area (Å²) in [5, 5.41) is 2.72. The van der Waals surface area contributed by atoms with Crippen molar-refractivity contribution in [2.75, 3.05) is 25.1 Å². The molecule has 3 rings (SSSR count). The van der Waals surface area contributed by atoms with Crippen LogP contribution in [0.2, 0.25) is 0 Å². The first kappa shape index (κ1) is 28.0. The number of hydrogen-bond donors (Lipinski definition) is 1. The van der Waals surface area contributed by atoms with Crippen molar-refractivity contribution >= 4 is 33.5 Å². The van der Waals surface area contributed by atoms with E-state index in [0.717, 1.165) is 24.0 Å². The van der Waals surface area contributed by atoms with Crippen molar-refractivity contribution in [3.63, 3.8) is 0 Å². The van der Waals surface area contributed by atoms with Gasteiger partial charge >= 0.3 is 12.1 Å². The molecule has 9 heteroatoms. The molecule has 0 atom stereocenters. The molecular formula is C28H34N2O6S. The Morgan fingerprint density at radius 3 is 2.41 bits per heavy atom. The molecule has 198 valence electrons. The lowest BCUT2D eigenvalue weighted by Gasteiger charge is -2.25. The number of nitrogens with zero attached hydrogens (tertiary/aromatic N) is 1. The maximum absolute atomic E-state index is 13.8. The highest BCUT2D eigenvalue weighted by Crippen LogP contribution is 2.40. The average molecular weight is 527 g/mol. The van der Waals surface area contributed by atoms with E-state index in [1.807, 2.05) is 32.9 Å². The Bertz CT molecular complexity index is 1300. The summed E-state index contributed by atoms with van der Waals surface area (Å²) in [4.78, 5) is 24.7. The minimum absolute atomic E-state index is 0.160. The fourth-order valence-electron chi connectivity index (χ4n) is 3.93. The molecule has 1 aliphatic heterocycles. The van der Waals surface area contributed by atoms with Crippen molar-refractivity contribution in [2.24, 2.45) is 0 Å². The van der Waals surface area contributed by atoms with Crippen LogP contribution in [0.4, 0.5) is 10.5 Å². The minimum Gasteiger partial charge on any atom is -0.463 e. The van der Waals surface area contributed by atoms with E-state index in [9.17, 15) is 18.0 Å². The van der Waals surface area contributed by atoms with Crippen LogP contribution in [0.3, 0.4) is 0 Å². The quantitative estimate of drug-likeness (QED) is 0.246. The van der Waals surface area contributed by atoms with Gasteiger partial charge in [-0.2, -0.15) is 0 Å². The van der Waals surface area contributed by atoms with Crippen LogP contribution < -0.4 is 5.32 Å². The van der Waals surface area contributed by atoms with Gasteiger partial charge in [0.25, 0.3) is 10.0 Å². The number of aryl methyl sites for hydroxylation is 2. The molecule has 2 aromatic carbocycles. The third kappa shape index (κ3) is 7.01. The van der Waals surface area contributed by atoms with Gasteiger partial charge in [-0.3, -0.25) is 9.62 Å². The van der Waals surface area contributed by atoms with Crippen LogP contribution in [-0.2, 0) is 24.3 Å². The van der Waals surface area contributed by atoms with Gasteiger partial charge < -0.3 is 9.47 Å². The van der Waals surface area contributed by atoms with E-state index in [1.54, 1.807) is 43.3 Å². The van der Waals surface area contributed by atoms with Crippen LogP contribution in [0, 0.1) is 13.8 Å². The number of nitrogens with one attached hydrogen (secondary N) is 1. The minimum atomic E-state index is -3.93. The second kappa shape index (κ2) is 12.6. The lowest BCUT2D eigenvalue weighted by Crippen LogP contribution is -2.28. The number of carbonyl (C=O) groups excluding carboxylic acids is 2. The molecule has 37 heavy (non-hydrogen) atoms. The molecule has 0 fully saturated rings. The molecule has 1 heterocycles. The van der Waals surface area contributed by atoms with Crippen LogP contribution in [0.25, 0.3) is 5.70 Å². The van der Waals surface area contributed by atoms with Gasteiger partial charge in [0.2, 0.25) is 0 Å². The summed E-state index contributed by atoms with van der Waals surface area (Å²) in [6.07, 6.45) is 4.33. The molecule has 0 bridgehead atoms. The van der Waals surface area contributed by atoms with Gasteiger partial charge in [-0.15, -0.1) is 0 Å². The number of unbranched alkanes of at least 4 members (excludes halogenated alkanes) is 1. The first-order chi connectivity index (χ1) is 17.7. The lowest BCUT2D eigenvalue weighted by atomic mass is 10.0. The predicted octanol–water partition coefficient (Wildman–Crippen LogP) is 5.58. The maximum Gasteiger partial charge on any atom is 0.411 e. The summed E-state index contributed by atoms with van der Waals surface area (Å²) in [6, 6.07) is 12.0. The second-order valence-electron chi connectivity index (χ2n) is 8.76. The van der Waals surface area contributed by atoms with Crippen molar-refractivity contribution in [1.82, 2.24) is 4.31 Å². The maximum atomic E-state index is 13.8. The lowest BCUT2D eigenvalue weighted by molar-refractivity contribution is -0.137. The fourth-order valence-corrected chi connectivity index (χ4v) is 5.46. The number of ether oxygens (including phenoxy) is 2. The Morgan fingerprint density at radius 1 is 1.03 bits per heavy atom. The van der Waals surface area contributed by atoms with Crippen LogP contribution in [0.15, 0.2) is 65.1 Å². The Balaban J connectivity index is 2.12. The smallest absolute Gasteiger partial charge is 0.411 e. The van der Waals surface area contributed by atoms with Gasteiger partial charge in [0.1, 0.15) is 0 Å². The van der Waals surface area contributed by atoms with E-state index in [-0.39, 0.29) is 18.0 Å². The number of hydrogen-bond acceptors (Lipinski definition) is 6. The number of carbonyl (C=O) groups is 2. The number of esters is 1. The first-order valence-corrected chi connectivity index (χ1v) is 13.8. The Morgan fingerprint density at radius 2 is 1.73 bits per heavy atom. The molecule has 2 aromatic rings. The van der Waals surface area contributed by atoms with E-state index in [2.05, 4.69) is 5.32 Å². The standard InChI is InChI=1S/C28H34N2O6S/c1-5-7-18-36-26(31)15-11-22-16-17-30(37(33,34)23-12-8-20(3)9-13-23)27(22)24-19-21(4)10-14-25(24)29-28(32)35-6-2/h8-15,19H,5-7,16-18H2,1-4H3,(H,29,32)/b15-11+. The first-order valence-electron chi connectivity index (χ1n) is 12.4. The van der Waals surface area contributed by atoms with Crippen molar-refractivity contribution in [3.05, 3.63) is 76.9 Å². The zero-order chi connectivity index (χ0) is 27.0. The zero-order valence-corrected chi connectivity index (χ0v) is 22.6. The Labute approximate surface area is 219 Å². The highest BCUT2D eigenvalue weighted by Gasteiger charge is 2.34.